The molecule has 1 aromatic heterocycles. The van der Waals surface area contributed by atoms with E-state index in [1.807, 2.05) is 11.5 Å². The van der Waals surface area contributed by atoms with Gasteiger partial charge in [0.25, 0.3) is 0 Å². The molecule has 0 bridgehead atoms. The maximum Gasteiger partial charge on any atom is 0.191 e. The highest BCUT2D eigenvalue weighted by molar-refractivity contribution is 7.99. The van der Waals surface area contributed by atoms with Gasteiger partial charge in [0.1, 0.15) is 5.82 Å². The monoisotopic (exact) mass is 246 g/mol. The first-order valence-electron chi connectivity index (χ1n) is 5.08. The van der Waals surface area contributed by atoms with Crippen molar-refractivity contribution in [3.8, 4) is 0 Å². The van der Waals surface area contributed by atoms with E-state index in [0.717, 1.165) is 11.0 Å². The van der Waals surface area contributed by atoms with E-state index >= 15 is 0 Å². The highest BCUT2D eigenvalue weighted by atomic mass is 32.2. The number of methoxy groups -OCH3 is 1. The first kappa shape index (κ1) is 13.4. The first-order chi connectivity index (χ1) is 7.69. The zero-order chi connectivity index (χ0) is 12.0. The number of aromatic nitrogens is 3. The van der Waals surface area contributed by atoms with Gasteiger partial charge in [-0.15, -0.1) is 10.2 Å². The molecule has 3 N–H and O–H groups in total. The Morgan fingerprint density at radius 2 is 2.31 bits per heavy atom. The number of rotatable bonds is 7. The number of nitrogens with zero attached hydrogens (tertiary/aromatic N) is 3. The van der Waals surface area contributed by atoms with E-state index in [4.69, 9.17) is 10.5 Å². The first-order valence-corrected chi connectivity index (χ1v) is 6.07. The van der Waals surface area contributed by atoms with Crippen molar-refractivity contribution in [1.29, 1.82) is 0 Å². The van der Waals surface area contributed by atoms with Gasteiger partial charge in [0.15, 0.2) is 5.16 Å². The van der Waals surface area contributed by atoms with Crippen molar-refractivity contribution in [3.63, 3.8) is 0 Å². The maximum absolute atomic E-state index is 9.51. The van der Waals surface area contributed by atoms with Gasteiger partial charge in [0.2, 0.25) is 0 Å². The summed E-state index contributed by atoms with van der Waals surface area (Å²) in [6, 6.07) is 0. The largest absolute Gasteiger partial charge is 0.390 e. The summed E-state index contributed by atoms with van der Waals surface area (Å²) < 4.78 is 6.80. The van der Waals surface area contributed by atoms with Gasteiger partial charge in [0.05, 0.1) is 12.7 Å². The quantitative estimate of drug-likeness (QED) is 0.639. The Morgan fingerprint density at radius 1 is 1.56 bits per heavy atom. The number of hydrogen-bond acceptors (Lipinski definition) is 6. The third kappa shape index (κ3) is 3.75. The van der Waals surface area contributed by atoms with Crippen molar-refractivity contribution in [3.05, 3.63) is 5.82 Å². The van der Waals surface area contributed by atoms with E-state index in [-0.39, 0.29) is 0 Å². The van der Waals surface area contributed by atoms with Gasteiger partial charge in [-0.3, -0.25) is 0 Å². The predicted octanol–water partition coefficient (Wildman–Crippen LogP) is -0.355. The maximum atomic E-state index is 9.51. The Kier molecular flexibility index (Phi) is 5.75. The van der Waals surface area contributed by atoms with Crippen LogP contribution in [0.15, 0.2) is 5.16 Å². The molecule has 0 saturated heterocycles. The molecule has 0 aliphatic carbocycles. The van der Waals surface area contributed by atoms with Gasteiger partial charge >= 0.3 is 0 Å². The topological polar surface area (TPSA) is 86.2 Å². The summed E-state index contributed by atoms with van der Waals surface area (Å²) in [4.78, 5) is 0. The van der Waals surface area contributed by atoms with Gasteiger partial charge in [-0.25, -0.2) is 0 Å². The van der Waals surface area contributed by atoms with Crippen LogP contribution in [0.2, 0.25) is 0 Å². The minimum absolute atomic E-state index is 0.330. The van der Waals surface area contributed by atoms with Crippen LogP contribution in [0.1, 0.15) is 5.82 Å². The molecule has 1 aromatic rings. The minimum Gasteiger partial charge on any atom is -0.390 e. The molecule has 6 nitrogen and oxygen atoms in total. The molecule has 0 saturated carbocycles. The van der Waals surface area contributed by atoms with E-state index in [1.54, 1.807) is 7.11 Å². The molecule has 16 heavy (non-hydrogen) atoms. The molecule has 0 amide bonds. The molecular formula is C9H18N4O2S. The van der Waals surface area contributed by atoms with Crippen LogP contribution in [0.3, 0.4) is 0 Å². The number of hydrogen-bond donors (Lipinski definition) is 2. The molecule has 0 spiro atoms. The van der Waals surface area contributed by atoms with Crippen molar-refractivity contribution in [2.24, 2.45) is 5.73 Å². The van der Waals surface area contributed by atoms with Gasteiger partial charge in [0, 0.05) is 26.0 Å². The smallest absolute Gasteiger partial charge is 0.191 e. The summed E-state index contributed by atoms with van der Waals surface area (Å²) in [7, 11) is 1.56. The fourth-order valence-corrected chi connectivity index (χ4v) is 2.18. The fourth-order valence-electron chi connectivity index (χ4n) is 1.27. The summed E-state index contributed by atoms with van der Waals surface area (Å²) in [6.45, 7) is 3.46. The minimum atomic E-state index is -0.488. The Bertz CT molecular complexity index is 318. The van der Waals surface area contributed by atoms with E-state index < -0.39 is 6.10 Å². The Morgan fingerprint density at radius 3 is 2.94 bits per heavy atom. The van der Waals surface area contributed by atoms with E-state index in [2.05, 4.69) is 10.2 Å². The summed E-state index contributed by atoms with van der Waals surface area (Å²) in [5.41, 5.74) is 5.51. The second-order valence-corrected chi connectivity index (χ2v) is 4.38. The van der Waals surface area contributed by atoms with Crippen LogP contribution in [-0.2, 0) is 11.3 Å². The molecule has 1 unspecified atom stereocenters. The Balaban J connectivity index is 2.52. The van der Waals surface area contributed by atoms with Gasteiger partial charge in [-0.1, -0.05) is 11.8 Å². The Hall–Kier alpha value is -0.630. The van der Waals surface area contributed by atoms with E-state index in [1.165, 1.54) is 11.8 Å². The van der Waals surface area contributed by atoms with Crippen LogP contribution < -0.4 is 5.73 Å². The average Bonchev–Trinajstić information content (AvgIpc) is 2.59. The molecule has 1 atom stereocenters. The summed E-state index contributed by atoms with van der Waals surface area (Å²) in [5, 5.41) is 18.3. The normalized spacial score (nSPS) is 13.0. The SMILES string of the molecule is COCC(O)CSc1nnc(C)n1CCN. The number of nitrogens with two attached hydrogens (primary N) is 1. The van der Waals surface area contributed by atoms with Crippen LogP contribution in [0.4, 0.5) is 0 Å². The van der Waals surface area contributed by atoms with Crippen LogP contribution in [-0.4, -0.2) is 52.0 Å². The second kappa shape index (κ2) is 6.85. The molecule has 0 radical (unpaired) electrons. The lowest BCUT2D eigenvalue weighted by molar-refractivity contribution is 0.0793. The number of aliphatic hydroxyl groups excluding tert-OH is 1. The Labute approximate surface area is 99.2 Å². The number of aliphatic hydroxyl groups is 1. The third-order valence-electron chi connectivity index (χ3n) is 2.02. The van der Waals surface area contributed by atoms with Crippen molar-refractivity contribution in [2.75, 3.05) is 26.0 Å². The molecule has 1 rings (SSSR count). The van der Waals surface area contributed by atoms with Crippen molar-refractivity contribution in [2.45, 2.75) is 24.7 Å². The lowest BCUT2D eigenvalue weighted by Crippen LogP contribution is -2.18. The van der Waals surface area contributed by atoms with Crippen molar-refractivity contribution < 1.29 is 9.84 Å². The van der Waals surface area contributed by atoms with Crippen LogP contribution in [0.25, 0.3) is 0 Å². The molecule has 0 aliphatic rings. The number of thioether (sulfide) groups is 1. The molecule has 92 valence electrons. The molecular weight excluding hydrogens is 228 g/mol. The zero-order valence-electron chi connectivity index (χ0n) is 9.59. The second-order valence-electron chi connectivity index (χ2n) is 3.39. The summed E-state index contributed by atoms with van der Waals surface area (Å²) in [6.07, 6.45) is -0.488. The fraction of sp³-hybridized carbons (Fsp3) is 0.778. The third-order valence-corrected chi connectivity index (χ3v) is 3.13. The lowest BCUT2D eigenvalue weighted by Gasteiger charge is -2.09. The summed E-state index contributed by atoms with van der Waals surface area (Å²) in [5.74, 6) is 1.38. The van der Waals surface area contributed by atoms with Crippen LogP contribution in [0, 0.1) is 6.92 Å². The predicted molar refractivity (Wildman–Crippen MR) is 62.4 cm³/mol. The molecule has 0 aromatic carbocycles. The molecule has 7 heteroatoms. The van der Waals surface area contributed by atoms with Crippen LogP contribution in [0.5, 0.6) is 0 Å². The molecule has 1 heterocycles. The van der Waals surface area contributed by atoms with E-state index in [9.17, 15) is 5.11 Å². The van der Waals surface area contributed by atoms with E-state index in [0.29, 0.717) is 25.4 Å². The number of ether oxygens (including phenoxy) is 1. The van der Waals surface area contributed by atoms with Crippen LogP contribution >= 0.6 is 11.8 Å². The van der Waals surface area contributed by atoms with Crippen molar-refractivity contribution >= 4 is 11.8 Å². The van der Waals surface area contributed by atoms with Crippen molar-refractivity contribution in [1.82, 2.24) is 14.8 Å². The highest BCUT2D eigenvalue weighted by Crippen LogP contribution is 2.17. The van der Waals surface area contributed by atoms with Gasteiger partial charge < -0.3 is 20.1 Å². The van der Waals surface area contributed by atoms with Gasteiger partial charge in [-0.05, 0) is 6.92 Å². The highest BCUT2D eigenvalue weighted by Gasteiger charge is 2.11. The zero-order valence-corrected chi connectivity index (χ0v) is 10.4. The average molecular weight is 246 g/mol. The molecule has 0 fully saturated rings. The molecule has 0 aliphatic heterocycles. The summed E-state index contributed by atoms with van der Waals surface area (Å²) >= 11 is 1.46. The van der Waals surface area contributed by atoms with Gasteiger partial charge in [-0.2, -0.15) is 0 Å². The number of aryl methyl sites for hydroxylation is 1. The standard InChI is InChI=1S/C9H18N4O2S/c1-7-11-12-9(13(7)4-3-10)16-6-8(14)5-15-2/h8,14H,3-6,10H2,1-2H3. The lowest BCUT2D eigenvalue weighted by atomic mass is 10.4.